The number of rotatable bonds is 2. The summed E-state index contributed by atoms with van der Waals surface area (Å²) in [4.78, 5) is 16.8. The van der Waals surface area contributed by atoms with Gasteiger partial charge in [-0.1, -0.05) is 39.0 Å². The summed E-state index contributed by atoms with van der Waals surface area (Å²) in [6.07, 6.45) is 1.69. The van der Waals surface area contributed by atoms with Crippen molar-refractivity contribution in [3.05, 3.63) is 60.0 Å². The van der Waals surface area contributed by atoms with E-state index in [2.05, 4.69) is 36.2 Å². The minimum Gasteiger partial charge on any atom is -0.321 e. The van der Waals surface area contributed by atoms with E-state index in [4.69, 9.17) is 0 Å². The fourth-order valence-corrected chi connectivity index (χ4v) is 2.28. The Morgan fingerprint density at radius 2 is 1.86 bits per heavy atom. The molecule has 2 heterocycles. The van der Waals surface area contributed by atoms with Crippen molar-refractivity contribution in [1.29, 1.82) is 0 Å². The van der Waals surface area contributed by atoms with Gasteiger partial charge < -0.3 is 5.32 Å². The molecule has 0 aliphatic rings. The zero-order valence-corrected chi connectivity index (χ0v) is 12.9. The van der Waals surface area contributed by atoms with Gasteiger partial charge in [0.15, 0.2) is 5.65 Å². The van der Waals surface area contributed by atoms with Crippen LogP contribution in [-0.2, 0) is 5.41 Å². The summed E-state index contributed by atoms with van der Waals surface area (Å²) in [5.74, 6) is -0.222. The van der Waals surface area contributed by atoms with Gasteiger partial charge in [0, 0.05) is 17.2 Å². The van der Waals surface area contributed by atoms with Crippen LogP contribution in [0.5, 0.6) is 0 Å². The number of anilines is 1. The van der Waals surface area contributed by atoms with Crippen LogP contribution in [0.4, 0.5) is 5.69 Å². The van der Waals surface area contributed by atoms with E-state index in [1.165, 1.54) is 0 Å². The highest BCUT2D eigenvalue weighted by molar-refractivity contribution is 6.03. The summed E-state index contributed by atoms with van der Waals surface area (Å²) in [5.41, 5.74) is 2.61. The quantitative estimate of drug-likeness (QED) is 0.789. The van der Waals surface area contributed by atoms with E-state index in [9.17, 15) is 4.79 Å². The van der Waals surface area contributed by atoms with Crippen molar-refractivity contribution in [2.24, 2.45) is 0 Å². The van der Waals surface area contributed by atoms with E-state index in [0.29, 0.717) is 11.3 Å². The maximum Gasteiger partial charge on any atom is 0.274 e. The molecule has 3 aromatic rings. The summed E-state index contributed by atoms with van der Waals surface area (Å²) < 4.78 is 1.78. The van der Waals surface area contributed by atoms with Crippen molar-refractivity contribution < 1.29 is 4.79 Å². The Hall–Kier alpha value is -2.69. The van der Waals surface area contributed by atoms with E-state index in [1.807, 2.05) is 30.3 Å². The predicted molar refractivity (Wildman–Crippen MR) is 86.1 cm³/mol. The molecule has 3 rings (SSSR count). The molecule has 0 radical (unpaired) electrons. The van der Waals surface area contributed by atoms with Crippen molar-refractivity contribution in [1.82, 2.24) is 14.6 Å². The average molecular weight is 294 g/mol. The second-order valence-corrected chi connectivity index (χ2v) is 6.20. The van der Waals surface area contributed by atoms with Crippen LogP contribution in [0, 0.1) is 0 Å². The van der Waals surface area contributed by atoms with Gasteiger partial charge in [-0.15, -0.1) is 0 Å². The van der Waals surface area contributed by atoms with E-state index >= 15 is 0 Å². The van der Waals surface area contributed by atoms with Gasteiger partial charge in [-0.3, -0.25) is 4.79 Å². The van der Waals surface area contributed by atoms with Gasteiger partial charge in [0.2, 0.25) is 0 Å². The molecule has 0 saturated heterocycles. The molecule has 112 valence electrons. The Bertz CT molecular complexity index is 816. The van der Waals surface area contributed by atoms with Crippen molar-refractivity contribution in [3.8, 4) is 0 Å². The molecule has 0 atom stereocenters. The van der Waals surface area contributed by atoms with Crippen LogP contribution in [0.25, 0.3) is 5.65 Å². The summed E-state index contributed by atoms with van der Waals surface area (Å²) in [7, 11) is 0. The smallest absolute Gasteiger partial charge is 0.274 e. The standard InChI is InChI=1S/C17H18N4O/c1-17(2,3)14-11-13(20-15-9-10-18-21(14)15)16(22)19-12-7-5-4-6-8-12/h4-11H,1-3H3,(H,19,22). The number of para-hydroxylation sites is 1. The molecule has 0 bridgehead atoms. The Labute approximate surface area is 129 Å². The highest BCUT2D eigenvalue weighted by Crippen LogP contribution is 2.23. The Balaban J connectivity index is 2.02. The highest BCUT2D eigenvalue weighted by Gasteiger charge is 2.21. The first-order valence-electron chi connectivity index (χ1n) is 7.17. The largest absolute Gasteiger partial charge is 0.321 e. The lowest BCUT2D eigenvalue weighted by Crippen LogP contribution is -2.21. The van der Waals surface area contributed by atoms with Crippen LogP contribution in [0.2, 0.25) is 0 Å². The molecule has 5 heteroatoms. The molecule has 22 heavy (non-hydrogen) atoms. The van der Waals surface area contributed by atoms with E-state index in [-0.39, 0.29) is 11.3 Å². The van der Waals surface area contributed by atoms with Crippen LogP contribution in [0.1, 0.15) is 37.0 Å². The summed E-state index contributed by atoms with van der Waals surface area (Å²) in [6, 6.07) is 13.0. The number of hydrogen-bond donors (Lipinski definition) is 1. The number of carbonyl (C=O) groups excluding carboxylic acids is 1. The first kappa shape index (κ1) is 14.3. The lowest BCUT2D eigenvalue weighted by molar-refractivity contribution is 0.102. The van der Waals surface area contributed by atoms with E-state index < -0.39 is 0 Å². The monoisotopic (exact) mass is 294 g/mol. The average Bonchev–Trinajstić information content (AvgIpc) is 2.94. The molecule has 1 N–H and O–H groups in total. The molecule has 1 amide bonds. The van der Waals surface area contributed by atoms with Crippen LogP contribution in [-0.4, -0.2) is 20.5 Å². The van der Waals surface area contributed by atoms with Gasteiger partial charge in [-0.05, 0) is 18.2 Å². The molecule has 0 fully saturated rings. The molecule has 0 saturated carbocycles. The molecule has 0 aliphatic heterocycles. The number of amides is 1. The van der Waals surface area contributed by atoms with Crippen molar-refractivity contribution >= 4 is 17.2 Å². The minimum absolute atomic E-state index is 0.144. The summed E-state index contributed by atoms with van der Waals surface area (Å²) in [6.45, 7) is 6.26. The molecule has 2 aromatic heterocycles. The van der Waals surface area contributed by atoms with Crippen LogP contribution in [0.15, 0.2) is 48.7 Å². The third kappa shape index (κ3) is 2.70. The topological polar surface area (TPSA) is 59.3 Å². The number of benzene rings is 1. The van der Waals surface area contributed by atoms with Crippen molar-refractivity contribution in [3.63, 3.8) is 0 Å². The molecule has 0 spiro atoms. The minimum atomic E-state index is -0.222. The number of nitrogens with zero attached hydrogens (tertiary/aromatic N) is 3. The Kier molecular flexibility index (Phi) is 3.41. The van der Waals surface area contributed by atoms with E-state index in [0.717, 1.165) is 11.4 Å². The third-order valence-electron chi connectivity index (χ3n) is 3.39. The van der Waals surface area contributed by atoms with Crippen LogP contribution in [0.3, 0.4) is 0 Å². The molecule has 0 unspecified atom stereocenters. The number of nitrogens with one attached hydrogen (secondary N) is 1. The maximum atomic E-state index is 12.5. The van der Waals surface area contributed by atoms with Gasteiger partial charge in [-0.25, -0.2) is 9.50 Å². The van der Waals surface area contributed by atoms with Crippen LogP contribution < -0.4 is 5.32 Å². The number of aromatic nitrogens is 3. The number of fused-ring (bicyclic) bond motifs is 1. The van der Waals surface area contributed by atoms with Crippen molar-refractivity contribution in [2.45, 2.75) is 26.2 Å². The molecular weight excluding hydrogens is 276 g/mol. The fourth-order valence-electron chi connectivity index (χ4n) is 2.28. The zero-order chi connectivity index (χ0) is 15.7. The number of carbonyl (C=O) groups is 1. The molecule has 5 nitrogen and oxygen atoms in total. The van der Waals surface area contributed by atoms with Gasteiger partial charge >= 0.3 is 0 Å². The second-order valence-electron chi connectivity index (χ2n) is 6.20. The fraction of sp³-hybridized carbons (Fsp3) is 0.235. The lowest BCUT2D eigenvalue weighted by Gasteiger charge is -2.20. The summed E-state index contributed by atoms with van der Waals surface area (Å²) in [5, 5.41) is 7.15. The Morgan fingerprint density at radius 1 is 1.14 bits per heavy atom. The normalized spacial score (nSPS) is 11.6. The SMILES string of the molecule is CC(C)(C)c1cc(C(=O)Nc2ccccc2)nc2ccnn12. The Morgan fingerprint density at radius 3 is 2.55 bits per heavy atom. The zero-order valence-electron chi connectivity index (χ0n) is 12.9. The highest BCUT2D eigenvalue weighted by atomic mass is 16.1. The van der Waals surface area contributed by atoms with Gasteiger partial charge in [-0.2, -0.15) is 5.10 Å². The van der Waals surface area contributed by atoms with Gasteiger partial charge in [0.1, 0.15) is 5.69 Å². The first-order valence-corrected chi connectivity index (χ1v) is 7.17. The lowest BCUT2D eigenvalue weighted by atomic mass is 9.91. The van der Waals surface area contributed by atoms with Crippen molar-refractivity contribution in [2.75, 3.05) is 5.32 Å². The molecule has 0 aliphatic carbocycles. The number of hydrogen-bond acceptors (Lipinski definition) is 3. The molecule has 1 aromatic carbocycles. The van der Waals surface area contributed by atoms with E-state index in [1.54, 1.807) is 22.8 Å². The van der Waals surface area contributed by atoms with Gasteiger partial charge in [0.05, 0.1) is 11.9 Å². The maximum absolute atomic E-state index is 12.5. The predicted octanol–water partition coefficient (Wildman–Crippen LogP) is 3.28. The molecular formula is C17H18N4O. The second kappa shape index (κ2) is 5.26. The van der Waals surface area contributed by atoms with Crippen LogP contribution >= 0.6 is 0 Å². The van der Waals surface area contributed by atoms with Gasteiger partial charge in [0.25, 0.3) is 5.91 Å². The first-order chi connectivity index (χ1) is 10.4. The third-order valence-corrected chi connectivity index (χ3v) is 3.39. The summed E-state index contributed by atoms with van der Waals surface area (Å²) >= 11 is 0.